The van der Waals surface area contributed by atoms with Crippen LogP contribution in [0.1, 0.15) is 60.1 Å². The summed E-state index contributed by atoms with van der Waals surface area (Å²) in [5.41, 5.74) is 13.0. The van der Waals surface area contributed by atoms with Gasteiger partial charge in [-0.3, -0.25) is 9.59 Å². The standard InChI is InChI=1S/C23H33N5O2/c1-15-9-10-28(26-13-18-7-5-4-6-8-18)23(30)19(15)12-22(29)25-14-20-16(2)11-21(24)27-17(20)3/h9-11,18,26H,4-8,12-14H2,1-3H3,(H2,24,27)(H,25,29). The van der Waals surface area contributed by atoms with E-state index >= 15 is 0 Å². The minimum Gasteiger partial charge on any atom is -0.384 e. The minimum atomic E-state index is -0.184. The Hall–Kier alpha value is -2.83. The van der Waals surface area contributed by atoms with Gasteiger partial charge >= 0.3 is 0 Å². The third kappa shape index (κ3) is 5.40. The number of nitrogens with two attached hydrogens (primary N) is 1. The van der Waals surface area contributed by atoms with Crippen molar-refractivity contribution < 1.29 is 4.79 Å². The van der Waals surface area contributed by atoms with Crippen LogP contribution in [0.4, 0.5) is 5.82 Å². The molecular formula is C23H33N5O2. The van der Waals surface area contributed by atoms with Gasteiger partial charge in [0.15, 0.2) is 0 Å². The molecule has 7 heteroatoms. The highest BCUT2D eigenvalue weighted by atomic mass is 16.2. The van der Waals surface area contributed by atoms with Gasteiger partial charge in [0.25, 0.3) is 5.56 Å². The highest BCUT2D eigenvalue weighted by Crippen LogP contribution is 2.22. The zero-order valence-corrected chi connectivity index (χ0v) is 18.3. The molecule has 1 fully saturated rings. The van der Waals surface area contributed by atoms with Crippen LogP contribution in [0.15, 0.2) is 23.1 Å². The second kappa shape index (κ2) is 9.78. The summed E-state index contributed by atoms with van der Waals surface area (Å²) >= 11 is 0. The van der Waals surface area contributed by atoms with Gasteiger partial charge in [-0.2, -0.15) is 0 Å². The summed E-state index contributed by atoms with van der Waals surface area (Å²) in [6.45, 7) is 6.85. The molecule has 0 aromatic carbocycles. The third-order valence-electron chi connectivity index (χ3n) is 6.08. The summed E-state index contributed by atoms with van der Waals surface area (Å²) in [4.78, 5) is 29.7. The van der Waals surface area contributed by atoms with Crippen molar-refractivity contribution >= 4 is 11.7 Å². The number of amides is 1. The lowest BCUT2D eigenvalue weighted by atomic mass is 9.89. The summed E-state index contributed by atoms with van der Waals surface area (Å²) in [6.07, 6.45) is 8.08. The average molecular weight is 412 g/mol. The van der Waals surface area contributed by atoms with Gasteiger partial charge in [0.2, 0.25) is 5.91 Å². The van der Waals surface area contributed by atoms with Crippen molar-refractivity contribution in [3.63, 3.8) is 0 Å². The summed E-state index contributed by atoms with van der Waals surface area (Å²) in [5.74, 6) is 0.899. The first kappa shape index (κ1) is 21.9. The lowest BCUT2D eigenvalue weighted by Crippen LogP contribution is -2.36. The van der Waals surface area contributed by atoms with E-state index in [4.69, 9.17) is 5.73 Å². The number of hydrogen-bond donors (Lipinski definition) is 3. The molecule has 4 N–H and O–H groups in total. The highest BCUT2D eigenvalue weighted by Gasteiger charge is 2.16. The SMILES string of the molecule is Cc1cc(N)nc(C)c1CNC(=O)Cc1c(C)ccn(NCC2CCCCC2)c1=O. The zero-order chi connectivity index (χ0) is 21.7. The van der Waals surface area contributed by atoms with Crippen molar-refractivity contribution in [3.05, 3.63) is 56.6 Å². The van der Waals surface area contributed by atoms with Gasteiger partial charge < -0.3 is 16.5 Å². The molecule has 0 atom stereocenters. The number of hydrogen-bond acceptors (Lipinski definition) is 5. The number of nitrogens with one attached hydrogen (secondary N) is 2. The van der Waals surface area contributed by atoms with E-state index in [-0.39, 0.29) is 17.9 Å². The molecule has 2 heterocycles. The molecule has 3 rings (SSSR count). The lowest BCUT2D eigenvalue weighted by molar-refractivity contribution is -0.120. The number of pyridine rings is 2. The van der Waals surface area contributed by atoms with Crippen LogP contribution in [-0.2, 0) is 17.8 Å². The first-order valence-electron chi connectivity index (χ1n) is 10.8. The van der Waals surface area contributed by atoms with Crippen LogP contribution in [0, 0.1) is 26.7 Å². The lowest BCUT2D eigenvalue weighted by Gasteiger charge is -2.23. The number of aryl methyl sites for hydroxylation is 3. The number of aromatic nitrogens is 2. The second-order valence-corrected chi connectivity index (χ2v) is 8.40. The van der Waals surface area contributed by atoms with E-state index in [1.165, 1.54) is 36.8 Å². The Labute approximate surface area is 178 Å². The van der Waals surface area contributed by atoms with Crippen LogP contribution in [0.3, 0.4) is 0 Å². The molecule has 0 bridgehead atoms. The first-order chi connectivity index (χ1) is 14.3. The fourth-order valence-corrected chi connectivity index (χ4v) is 4.19. The molecule has 30 heavy (non-hydrogen) atoms. The molecular weight excluding hydrogens is 378 g/mol. The molecule has 0 unspecified atom stereocenters. The van der Waals surface area contributed by atoms with Crippen LogP contribution in [0.5, 0.6) is 0 Å². The van der Waals surface area contributed by atoms with Crippen LogP contribution < -0.4 is 22.0 Å². The Morgan fingerprint density at radius 1 is 1.17 bits per heavy atom. The van der Waals surface area contributed by atoms with Crippen molar-refractivity contribution in [2.45, 2.75) is 65.8 Å². The Morgan fingerprint density at radius 2 is 1.90 bits per heavy atom. The van der Waals surface area contributed by atoms with Crippen molar-refractivity contribution in [1.29, 1.82) is 0 Å². The summed E-state index contributed by atoms with van der Waals surface area (Å²) < 4.78 is 1.53. The molecule has 0 aliphatic heterocycles. The molecule has 1 aliphatic rings. The number of carbonyl (C=O) groups is 1. The average Bonchev–Trinajstić information content (AvgIpc) is 2.70. The maximum Gasteiger partial charge on any atom is 0.272 e. The van der Waals surface area contributed by atoms with E-state index in [0.29, 0.717) is 23.8 Å². The molecule has 2 aromatic rings. The number of rotatable bonds is 7. The third-order valence-corrected chi connectivity index (χ3v) is 6.08. The molecule has 0 radical (unpaired) electrons. The van der Waals surface area contributed by atoms with E-state index in [2.05, 4.69) is 15.7 Å². The van der Waals surface area contributed by atoms with Gasteiger partial charge in [-0.05, 0) is 68.4 Å². The maximum atomic E-state index is 12.9. The largest absolute Gasteiger partial charge is 0.384 e. The Morgan fingerprint density at radius 3 is 2.60 bits per heavy atom. The minimum absolute atomic E-state index is 0.0527. The number of anilines is 1. The van der Waals surface area contributed by atoms with Gasteiger partial charge in [-0.15, -0.1) is 0 Å². The van der Waals surface area contributed by atoms with Crippen molar-refractivity contribution in [2.24, 2.45) is 5.92 Å². The molecule has 162 valence electrons. The monoisotopic (exact) mass is 411 g/mol. The molecule has 1 amide bonds. The number of nitrogen functional groups attached to an aromatic ring is 1. The van der Waals surface area contributed by atoms with Crippen molar-refractivity contribution in [2.75, 3.05) is 17.7 Å². The van der Waals surface area contributed by atoms with E-state index in [9.17, 15) is 9.59 Å². The molecule has 7 nitrogen and oxygen atoms in total. The molecule has 1 aliphatic carbocycles. The van der Waals surface area contributed by atoms with E-state index in [1.54, 1.807) is 12.3 Å². The van der Waals surface area contributed by atoms with Crippen LogP contribution in [0.25, 0.3) is 0 Å². The van der Waals surface area contributed by atoms with E-state index in [1.807, 2.05) is 26.8 Å². The van der Waals surface area contributed by atoms with Crippen LogP contribution >= 0.6 is 0 Å². The summed E-state index contributed by atoms with van der Waals surface area (Å²) in [6, 6.07) is 3.68. The Kier molecular flexibility index (Phi) is 7.13. The predicted molar refractivity (Wildman–Crippen MR) is 120 cm³/mol. The van der Waals surface area contributed by atoms with Gasteiger partial charge in [0, 0.05) is 30.5 Å². The first-order valence-corrected chi connectivity index (χ1v) is 10.8. The Balaban J connectivity index is 1.64. The summed E-state index contributed by atoms with van der Waals surface area (Å²) in [5, 5.41) is 2.92. The van der Waals surface area contributed by atoms with Gasteiger partial charge in [-0.1, -0.05) is 19.3 Å². The van der Waals surface area contributed by atoms with E-state index < -0.39 is 0 Å². The molecule has 0 saturated heterocycles. The van der Waals surface area contributed by atoms with Gasteiger partial charge in [0.05, 0.1) is 6.42 Å². The van der Waals surface area contributed by atoms with Crippen molar-refractivity contribution in [3.8, 4) is 0 Å². The second-order valence-electron chi connectivity index (χ2n) is 8.40. The highest BCUT2D eigenvalue weighted by molar-refractivity contribution is 5.78. The summed E-state index contributed by atoms with van der Waals surface area (Å²) in [7, 11) is 0. The van der Waals surface area contributed by atoms with E-state index in [0.717, 1.165) is 28.9 Å². The quantitative estimate of drug-likeness (QED) is 0.650. The number of carbonyl (C=O) groups excluding carboxylic acids is 1. The van der Waals surface area contributed by atoms with Crippen molar-refractivity contribution in [1.82, 2.24) is 15.0 Å². The molecule has 1 saturated carbocycles. The van der Waals surface area contributed by atoms with Crippen LogP contribution in [0.2, 0.25) is 0 Å². The predicted octanol–water partition coefficient (Wildman–Crippen LogP) is 2.73. The van der Waals surface area contributed by atoms with Gasteiger partial charge in [-0.25, -0.2) is 9.66 Å². The zero-order valence-electron chi connectivity index (χ0n) is 18.3. The van der Waals surface area contributed by atoms with Crippen LogP contribution in [-0.4, -0.2) is 22.1 Å². The molecule has 2 aromatic heterocycles. The number of nitrogens with zero attached hydrogens (tertiary/aromatic N) is 2. The molecule has 0 spiro atoms. The normalized spacial score (nSPS) is 14.5. The fourth-order valence-electron chi connectivity index (χ4n) is 4.19. The maximum absolute atomic E-state index is 12.9. The fraction of sp³-hybridized carbons (Fsp3) is 0.522. The Bertz CT molecular complexity index is 938. The van der Waals surface area contributed by atoms with Gasteiger partial charge in [0.1, 0.15) is 5.82 Å². The topological polar surface area (TPSA) is 102 Å². The smallest absolute Gasteiger partial charge is 0.272 e.